The zero-order valence-corrected chi connectivity index (χ0v) is 19.3. The van der Waals surface area contributed by atoms with Crippen molar-refractivity contribution < 1.29 is 17.9 Å². The predicted octanol–water partition coefficient (Wildman–Crippen LogP) is 4.20. The number of thiazole rings is 1. The van der Waals surface area contributed by atoms with Gasteiger partial charge in [0.05, 0.1) is 17.3 Å². The monoisotopic (exact) mass is 447 g/mol. The van der Waals surface area contributed by atoms with Crippen molar-refractivity contribution in [3.8, 4) is 5.75 Å². The molecule has 160 valence electrons. The number of carbonyl (C=O) groups excluding carboxylic acids is 1. The van der Waals surface area contributed by atoms with E-state index in [9.17, 15) is 13.2 Å². The molecule has 0 atom stereocenters. The number of fused-ring (bicyclic) bond motifs is 1. The minimum absolute atomic E-state index is 0.0302. The molecule has 30 heavy (non-hydrogen) atoms. The second-order valence-electron chi connectivity index (χ2n) is 6.81. The zero-order chi connectivity index (χ0) is 22.1. The van der Waals surface area contributed by atoms with Crippen LogP contribution in [-0.4, -0.2) is 43.8 Å². The Morgan fingerprint density at radius 2 is 1.80 bits per heavy atom. The second kappa shape index (κ2) is 8.71. The topological polar surface area (TPSA) is 88.6 Å². The Morgan fingerprint density at radius 1 is 1.13 bits per heavy atom. The Hall–Kier alpha value is -2.49. The molecule has 9 heteroatoms. The van der Waals surface area contributed by atoms with Gasteiger partial charge < -0.3 is 4.74 Å². The van der Waals surface area contributed by atoms with Crippen LogP contribution < -0.4 is 10.1 Å². The van der Waals surface area contributed by atoms with Gasteiger partial charge in [-0.1, -0.05) is 37.3 Å². The van der Waals surface area contributed by atoms with Crippen LogP contribution in [0, 0.1) is 13.8 Å². The van der Waals surface area contributed by atoms with Gasteiger partial charge in [0.2, 0.25) is 10.0 Å². The van der Waals surface area contributed by atoms with Crippen molar-refractivity contribution >= 4 is 42.6 Å². The molecule has 3 rings (SSSR count). The normalized spacial score (nSPS) is 11.8. The maximum absolute atomic E-state index is 13.0. The van der Waals surface area contributed by atoms with Gasteiger partial charge in [-0.3, -0.25) is 10.1 Å². The van der Waals surface area contributed by atoms with Crippen LogP contribution in [0.5, 0.6) is 5.75 Å². The summed E-state index contributed by atoms with van der Waals surface area (Å²) in [4.78, 5) is 17.4. The first-order valence-electron chi connectivity index (χ1n) is 9.59. The summed E-state index contributed by atoms with van der Waals surface area (Å²) in [6.07, 6.45) is 0. The first-order chi connectivity index (χ1) is 14.2. The minimum atomic E-state index is -3.79. The number of amides is 1. The third-order valence-electron chi connectivity index (χ3n) is 4.91. The third-order valence-corrected chi connectivity index (χ3v) is 8.09. The molecule has 0 aliphatic rings. The molecule has 0 spiro atoms. The van der Waals surface area contributed by atoms with Crippen molar-refractivity contribution in [3.05, 3.63) is 47.0 Å². The van der Waals surface area contributed by atoms with Crippen molar-refractivity contribution in [3.63, 3.8) is 0 Å². The van der Waals surface area contributed by atoms with E-state index in [1.807, 2.05) is 26.0 Å². The Balaban J connectivity index is 1.97. The van der Waals surface area contributed by atoms with E-state index in [0.717, 1.165) is 21.3 Å². The number of hydrogen-bond acceptors (Lipinski definition) is 6. The van der Waals surface area contributed by atoms with Gasteiger partial charge in [-0.2, -0.15) is 4.31 Å². The lowest BCUT2D eigenvalue weighted by Crippen LogP contribution is -2.31. The molecular weight excluding hydrogens is 422 g/mol. The fourth-order valence-electron chi connectivity index (χ4n) is 3.20. The molecule has 0 aliphatic heterocycles. The molecule has 0 aliphatic carbocycles. The first-order valence-corrected chi connectivity index (χ1v) is 11.8. The van der Waals surface area contributed by atoms with Crippen molar-refractivity contribution in [2.75, 3.05) is 25.5 Å². The highest BCUT2D eigenvalue weighted by Crippen LogP contribution is 2.32. The summed E-state index contributed by atoms with van der Waals surface area (Å²) in [5.41, 5.74) is 3.19. The van der Waals surface area contributed by atoms with Crippen LogP contribution in [0.3, 0.4) is 0 Å². The highest BCUT2D eigenvalue weighted by atomic mass is 32.2. The Kier molecular flexibility index (Phi) is 6.44. The Morgan fingerprint density at radius 3 is 2.40 bits per heavy atom. The summed E-state index contributed by atoms with van der Waals surface area (Å²) in [7, 11) is -2.38. The molecule has 0 radical (unpaired) electrons. The van der Waals surface area contributed by atoms with E-state index >= 15 is 0 Å². The molecule has 0 saturated heterocycles. The summed E-state index contributed by atoms with van der Waals surface area (Å²) in [6.45, 7) is 8.15. The van der Waals surface area contributed by atoms with Gasteiger partial charge in [0.15, 0.2) is 5.13 Å². The minimum Gasteiger partial charge on any atom is -0.495 e. The van der Waals surface area contributed by atoms with Gasteiger partial charge in [0.1, 0.15) is 10.6 Å². The summed E-state index contributed by atoms with van der Waals surface area (Å²) >= 11 is 1.40. The van der Waals surface area contributed by atoms with Crippen LogP contribution in [0.25, 0.3) is 10.2 Å². The Bertz CT molecular complexity index is 1160. The number of nitrogens with zero attached hydrogens (tertiary/aromatic N) is 2. The maximum atomic E-state index is 13.0. The molecule has 0 unspecified atom stereocenters. The van der Waals surface area contributed by atoms with E-state index < -0.39 is 15.9 Å². The van der Waals surface area contributed by atoms with Gasteiger partial charge in [-0.15, -0.1) is 0 Å². The van der Waals surface area contributed by atoms with E-state index in [1.54, 1.807) is 19.9 Å². The average molecular weight is 448 g/mol. The quantitative estimate of drug-likeness (QED) is 0.586. The van der Waals surface area contributed by atoms with Gasteiger partial charge in [0.25, 0.3) is 5.91 Å². The van der Waals surface area contributed by atoms with E-state index in [-0.39, 0.29) is 16.2 Å². The largest absolute Gasteiger partial charge is 0.495 e. The molecule has 1 heterocycles. The van der Waals surface area contributed by atoms with Crippen molar-refractivity contribution in [2.24, 2.45) is 0 Å². The number of aromatic nitrogens is 1. The number of ether oxygens (including phenoxy) is 1. The average Bonchev–Trinajstić information content (AvgIpc) is 3.16. The van der Waals surface area contributed by atoms with Crippen LogP contribution in [0.1, 0.15) is 35.3 Å². The molecule has 3 aromatic rings. The molecule has 1 N–H and O–H groups in total. The number of rotatable bonds is 7. The van der Waals surface area contributed by atoms with Crippen molar-refractivity contribution in [1.82, 2.24) is 9.29 Å². The van der Waals surface area contributed by atoms with Crippen LogP contribution >= 0.6 is 11.3 Å². The van der Waals surface area contributed by atoms with Gasteiger partial charge in [-0.25, -0.2) is 13.4 Å². The molecule has 0 bridgehead atoms. The lowest BCUT2D eigenvalue weighted by atomic mass is 10.1. The number of hydrogen-bond donors (Lipinski definition) is 1. The molecule has 1 aromatic heterocycles. The Labute approximate surface area is 180 Å². The van der Waals surface area contributed by atoms with Gasteiger partial charge in [-0.05, 0) is 43.2 Å². The number of benzene rings is 2. The fourth-order valence-corrected chi connectivity index (χ4v) is 5.85. The number of sulfonamides is 1. The van der Waals surface area contributed by atoms with E-state index in [0.29, 0.717) is 18.2 Å². The summed E-state index contributed by atoms with van der Waals surface area (Å²) in [5.74, 6) is -0.229. The molecule has 0 fully saturated rings. The lowest BCUT2D eigenvalue weighted by molar-refractivity contribution is 0.102. The second-order valence-corrected chi connectivity index (χ2v) is 9.71. The predicted molar refractivity (Wildman–Crippen MR) is 120 cm³/mol. The number of anilines is 1. The summed E-state index contributed by atoms with van der Waals surface area (Å²) < 4.78 is 33.6. The van der Waals surface area contributed by atoms with E-state index in [2.05, 4.69) is 10.3 Å². The van der Waals surface area contributed by atoms with E-state index in [1.165, 1.54) is 34.9 Å². The van der Waals surface area contributed by atoms with Crippen LogP contribution in [0.4, 0.5) is 5.13 Å². The maximum Gasteiger partial charge on any atom is 0.257 e. The van der Waals surface area contributed by atoms with Crippen molar-refractivity contribution in [2.45, 2.75) is 32.6 Å². The molecule has 1 amide bonds. The zero-order valence-electron chi connectivity index (χ0n) is 17.6. The first kappa shape index (κ1) is 22.2. The van der Waals surface area contributed by atoms with Crippen molar-refractivity contribution in [1.29, 1.82) is 0 Å². The highest BCUT2D eigenvalue weighted by Gasteiger charge is 2.27. The number of nitrogens with one attached hydrogen (secondary N) is 1. The van der Waals surface area contributed by atoms with Crippen LogP contribution in [0.2, 0.25) is 0 Å². The standard InChI is InChI=1S/C21H25N3O4S2/c1-6-24(7-2)30(26,27)17-12-15(10-11-16(17)28-5)20(25)23-21-22-18-13(3)8-9-14(4)19(18)29-21/h8-12H,6-7H2,1-5H3,(H,22,23,25). The fraction of sp³-hybridized carbons (Fsp3) is 0.333. The highest BCUT2D eigenvalue weighted by molar-refractivity contribution is 7.89. The molecule has 2 aromatic carbocycles. The van der Waals surface area contributed by atoms with E-state index in [4.69, 9.17) is 4.74 Å². The van der Waals surface area contributed by atoms with Gasteiger partial charge >= 0.3 is 0 Å². The number of carbonyl (C=O) groups is 1. The number of methoxy groups -OCH3 is 1. The van der Waals surface area contributed by atoms with Crippen LogP contribution in [0.15, 0.2) is 35.2 Å². The SMILES string of the molecule is CCN(CC)S(=O)(=O)c1cc(C(=O)Nc2nc3c(C)ccc(C)c3s2)ccc1OC. The molecule has 0 saturated carbocycles. The molecular formula is C21H25N3O4S2. The summed E-state index contributed by atoms with van der Waals surface area (Å²) in [5, 5.41) is 3.26. The molecule has 7 nitrogen and oxygen atoms in total. The smallest absolute Gasteiger partial charge is 0.257 e. The summed E-state index contributed by atoms with van der Waals surface area (Å²) in [6, 6.07) is 8.41. The van der Waals surface area contributed by atoms with Crippen LogP contribution in [-0.2, 0) is 10.0 Å². The van der Waals surface area contributed by atoms with Gasteiger partial charge in [0, 0.05) is 18.7 Å². The third kappa shape index (κ3) is 4.05. The lowest BCUT2D eigenvalue weighted by Gasteiger charge is -2.20. The number of aryl methyl sites for hydroxylation is 2.